The first-order valence-electron chi connectivity index (χ1n) is 7.56. The van der Waals surface area contributed by atoms with Crippen LogP contribution in [0.3, 0.4) is 0 Å². The molecule has 4 nitrogen and oxygen atoms in total. The van der Waals surface area contributed by atoms with Crippen molar-refractivity contribution in [1.82, 2.24) is 15.3 Å². The van der Waals surface area contributed by atoms with Crippen LogP contribution in [0.1, 0.15) is 45.1 Å². The van der Waals surface area contributed by atoms with E-state index in [0.29, 0.717) is 0 Å². The van der Waals surface area contributed by atoms with Gasteiger partial charge in [0.15, 0.2) is 0 Å². The molecular formula is C15H26N4. The molecule has 1 aliphatic heterocycles. The van der Waals surface area contributed by atoms with Crippen molar-refractivity contribution in [3.05, 3.63) is 18.0 Å². The molecule has 19 heavy (non-hydrogen) atoms. The summed E-state index contributed by atoms with van der Waals surface area (Å²) in [6.45, 7) is 8.61. The van der Waals surface area contributed by atoms with Crippen LogP contribution in [-0.2, 0) is 6.54 Å². The molecule has 1 atom stereocenters. The molecule has 2 rings (SSSR count). The third-order valence-electron chi connectivity index (χ3n) is 3.75. The molecule has 1 aromatic heterocycles. The second kappa shape index (κ2) is 7.43. The first-order valence-corrected chi connectivity index (χ1v) is 7.56. The molecule has 106 valence electrons. The zero-order valence-electron chi connectivity index (χ0n) is 12.2. The standard InChI is InChI=1S/C15H26N4/c1-3-7-16-10-14-11-17-15(18-12-14)19-8-4-5-13(2)6-9-19/h11-13,16H,3-10H2,1-2H3. The molecule has 1 N–H and O–H groups in total. The van der Waals surface area contributed by atoms with Crippen molar-refractivity contribution < 1.29 is 0 Å². The fraction of sp³-hybridized carbons (Fsp3) is 0.733. The Morgan fingerprint density at radius 3 is 2.79 bits per heavy atom. The molecule has 0 aliphatic carbocycles. The highest BCUT2D eigenvalue weighted by Crippen LogP contribution is 2.19. The van der Waals surface area contributed by atoms with Gasteiger partial charge in [0.25, 0.3) is 0 Å². The molecule has 0 amide bonds. The lowest BCUT2D eigenvalue weighted by atomic mass is 10.0. The van der Waals surface area contributed by atoms with E-state index in [-0.39, 0.29) is 0 Å². The van der Waals surface area contributed by atoms with E-state index in [9.17, 15) is 0 Å². The number of nitrogens with one attached hydrogen (secondary N) is 1. The van der Waals surface area contributed by atoms with Gasteiger partial charge in [-0.15, -0.1) is 0 Å². The highest BCUT2D eigenvalue weighted by molar-refractivity contribution is 5.29. The van der Waals surface area contributed by atoms with Gasteiger partial charge in [-0.2, -0.15) is 0 Å². The van der Waals surface area contributed by atoms with E-state index in [0.717, 1.165) is 44.5 Å². The Labute approximate surface area is 116 Å². The molecule has 1 aromatic rings. The molecule has 0 spiro atoms. The Morgan fingerprint density at radius 2 is 2.05 bits per heavy atom. The lowest BCUT2D eigenvalue weighted by Crippen LogP contribution is -2.26. The maximum absolute atomic E-state index is 4.52. The predicted octanol–water partition coefficient (Wildman–Crippen LogP) is 2.60. The van der Waals surface area contributed by atoms with Gasteiger partial charge >= 0.3 is 0 Å². The quantitative estimate of drug-likeness (QED) is 0.828. The van der Waals surface area contributed by atoms with Gasteiger partial charge in [-0.1, -0.05) is 13.8 Å². The molecule has 0 radical (unpaired) electrons. The minimum Gasteiger partial charge on any atom is -0.341 e. The van der Waals surface area contributed by atoms with Gasteiger partial charge in [-0.25, -0.2) is 9.97 Å². The fourth-order valence-corrected chi connectivity index (χ4v) is 2.48. The zero-order valence-corrected chi connectivity index (χ0v) is 12.2. The Bertz CT molecular complexity index is 363. The molecule has 1 saturated heterocycles. The third kappa shape index (κ3) is 4.46. The Hall–Kier alpha value is -1.16. The summed E-state index contributed by atoms with van der Waals surface area (Å²) in [5, 5.41) is 3.37. The molecule has 0 aromatic carbocycles. The van der Waals surface area contributed by atoms with Crippen LogP contribution >= 0.6 is 0 Å². The van der Waals surface area contributed by atoms with Crippen molar-refractivity contribution in [2.24, 2.45) is 5.92 Å². The van der Waals surface area contributed by atoms with Crippen LogP contribution in [0, 0.1) is 5.92 Å². The Balaban J connectivity index is 1.90. The van der Waals surface area contributed by atoms with Crippen LogP contribution in [0.25, 0.3) is 0 Å². The van der Waals surface area contributed by atoms with Crippen LogP contribution in [0.5, 0.6) is 0 Å². The third-order valence-corrected chi connectivity index (χ3v) is 3.75. The minimum absolute atomic E-state index is 0.836. The van der Waals surface area contributed by atoms with Gasteiger partial charge in [0.1, 0.15) is 0 Å². The van der Waals surface area contributed by atoms with Gasteiger partial charge in [0, 0.05) is 37.6 Å². The predicted molar refractivity (Wildman–Crippen MR) is 79.3 cm³/mol. The van der Waals surface area contributed by atoms with Gasteiger partial charge < -0.3 is 10.2 Å². The summed E-state index contributed by atoms with van der Waals surface area (Å²) in [5.41, 5.74) is 1.17. The molecule has 0 bridgehead atoms. The van der Waals surface area contributed by atoms with Gasteiger partial charge in [0.05, 0.1) is 0 Å². The summed E-state index contributed by atoms with van der Waals surface area (Å²) in [5.74, 6) is 1.73. The van der Waals surface area contributed by atoms with Crippen molar-refractivity contribution in [1.29, 1.82) is 0 Å². The molecule has 1 unspecified atom stereocenters. The maximum Gasteiger partial charge on any atom is 0.225 e. The first-order chi connectivity index (χ1) is 9.29. The van der Waals surface area contributed by atoms with Crippen molar-refractivity contribution in [3.63, 3.8) is 0 Å². The lowest BCUT2D eigenvalue weighted by Gasteiger charge is -2.20. The monoisotopic (exact) mass is 262 g/mol. The second-order valence-electron chi connectivity index (χ2n) is 5.59. The molecule has 0 saturated carbocycles. The molecule has 1 fully saturated rings. The van der Waals surface area contributed by atoms with E-state index in [2.05, 4.69) is 34.0 Å². The molecule has 2 heterocycles. The highest BCUT2D eigenvalue weighted by atomic mass is 15.2. The normalized spacial score (nSPS) is 20.3. The highest BCUT2D eigenvalue weighted by Gasteiger charge is 2.15. The van der Waals surface area contributed by atoms with Gasteiger partial charge in [-0.05, 0) is 38.1 Å². The van der Waals surface area contributed by atoms with Gasteiger partial charge in [-0.3, -0.25) is 0 Å². The van der Waals surface area contributed by atoms with Crippen molar-refractivity contribution in [2.45, 2.75) is 46.1 Å². The van der Waals surface area contributed by atoms with Crippen molar-refractivity contribution >= 4 is 5.95 Å². The van der Waals surface area contributed by atoms with Crippen molar-refractivity contribution in [3.8, 4) is 0 Å². The summed E-state index contributed by atoms with van der Waals surface area (Å²) in [7, 11) is 0. The number of rotatable bonds is 5. The van der Waals surface area contributed by atoms with E-state index in [1.165, 1.54) is 24.8 Å². The van der Waals surface area contributed by atoms with Crippen LogP contribution in [0.2, 0.25) is 0 Å². The number of anilines is 1. The average molecular weight is 262 g/mol. The number of hydrogen-bond donors (Lipinski definition) is 1. The SMILES string of the molecule is CCCNCc1cnc(N2CCCC(C)CC2)nc1. The minimum atomic E-state index is 0.836. The summed E-state index contributed by atoms with van der Waals surface area (Å²) >= 11 is 0. The van der Waals surface area contributed by atoms with Crippen LogP contribution in [-0.4, -0.2) is 29.6 Å². The van der Waals surface area contributed by atoms with E-state index >= 15 is 0 Å². The summed E-state index contributed by atoms with van der Waals surface area (Å²) in [6.07, 6.45) is 8.91. The van der Waals surface area contributed by atoms with Gasteiger partial charge in [0.2, 0.25) is 5.95 Å². The average Bonchev–Trinajstić information content (AvgIpc) is 2.65. The number of hydrogen-bond acceptors (Lipinski definition) is 4. The Morgan fingerprint density at radius 1 is 1.26 bits per heavy atom. The second-order valence-corrected chi connectivity index (χ2v) is 5.59. The van der Waals surface area contributed by atoms with E-state index in [1.54, 1.807) is 0 Å². The number of nitrogens with zero attached hydrogens (tertiary/aromatic N) is 3. The molecular weight excluding hydrogens is 236 g/mol. The number of aromatic nitrogens is 2. The van der Waals surface area contributed by atoms with Crippen LogP contribution in [0.15, 0.2) is 12.4 Å². The smallest absolute Gasteiger partial charge is 0.225 e. The Kier molecular flexibility index (Phi) is 5.58. The van der Waals surface area contributed by atoms with Crippen LogP contribution in [0.4, 0.5) is 5.95 Å². The lowest BCUT2D eigenvalue weighted by molar-refractivity contribution is 0.521. The summed E-state index contributed by atoms with van der Waals surface area (Å²) in [6, 6.07) is 0. The fourth-order valence-electron chi connectivity index (χ4n) is 2.48. The molecule has 1 aliphatic rings. The van der Waals surface area contributed by atoms with Crippen LogP contribution < -0.4 is 10.2 Å². The zero-order chi connectivity index (χ0) is 13.5. The van der Waals surface area contributed by atoms with E-state index in [1.807, 2.05) is 12.4 Å². The molecule has 4 heteroatoms. The maximum atomic E-state index is 4.52. The summed E-state index contributed by atoms with van der Waals surface area (Å²) in [4.78, 5) is 11.4. The van der Waals surface area contributed by atoms with Crippen molar-refractivity contribution in [2.75, 3.05) is 24.5 Å². The van der Waals surface area contributed by atoms with E-state index < -0.39 is 0 Å². The van der Waals surface area contributed by atoms with E-state index in [4.69, 9.17) is 0 Å². The topological polar surface area (TPSA) is 41.1 Å². The first kappa shape index (κ1) is 14.3. The largest absolute Gasteiger partial charge is 0.341 e. The summed E-state index contributed by atoms with van der Waals surface area (Å²) < 4.78 is 0.